The molecule has 0 unspecified atom stereocenters. The molecular weight excluding hydrogens is 192 g/mol. The summed E-state index contributed by atoms with van der Waals surface area (Å²) >= 11 is 0. The van der Waals surface area contributed by atoms with Crippen LogP contribution in [-0.4, -0.2) is 0 Å². The highest BCUT2D eigenvalue weighted by Gasteiger charge is 1.93. The second-order valence-electron chi connectivity index (χ2n) is 5.83. The van der Waals surface area contributed by atoms with E-state index in [1.165, 1.54) is 51.4 Å². The van der Waals surface area contributed by atoms with Crippen LogP contribution < -0.4 is 0 Å². The molecule has 0 atom stereocenters. The Morgan fingerprint density at radius 1 is 0.625 bits per heavy atom. The fourth-order valence-electron chi connectivity index (χ4n) is 1.83. The van der Waals surface area contributed by atoms with Gasteiger partial charge in [-0.3, -0.25) is 0 Å². The van der Waals surface area contributed by atoms with Gasteiger partial charge in [-0.25, -0.2) is 0 Å². The standard InChI is InChI=1S/C16H32/c1-15(2)13-11-9-7-5-6-8-10-12-14-16(3)4/h7,9,15-16H,5-6,8,10-14H2,1-4H3/b9-7-. The quantitative estimate of drug-likeness (QED) is 0.316. The highest BCUT2D eigenvalue weighted by molar-refractivity contribution is 4.81. The molecule has 0 heterocycles. The van der Waals surface area contributed by atoms with Crippen LogP contribution in [0.15, 0.2) is 12.2 Å². The highest BCUT2D eigenvalue weighted by Crippen LogP contribution is 2.11. The fraction of sp³-hybridized carbons (Fsp3) is 0.875. The highest BCUT2D eigenvalue weighted by atomic mass is 14.0. The lowest BCUT2D eigenvalue weighted by atomic mass is 10.0. The first-order chi connectivity index (χ1) is 7.63. The number of hydrogen-bond donors (Lipinski definition) is 0. The van der Waals surface area contributed by atoms with Gasteiger partial charge >= 0.3 is 0 Å². The summed E-state index contributed by atoms with van der Waals surface area (Å²) in [5.74, 6) is 1.73. The Morgan fingerprint density at radius 3 is 1.81 bits per heavy atom. The molecule has 0 spiro atoms. The number of rotatable bonds is 10. The Labute approximate surface area is 104 Å². The van der Waals surface area contributed by atoms with E-state index in [0.717, 1.165) is 11.8 Å². The summed E-state index contributed by atoms with van der Waals surface area (Å²) < 4.78 is 0. The number of allylic oxidation sites excluding steroid dienone is 2. The minimum atomic E-state index is 0.848. The first-order valence-corrected chi connectivity index (χ1v) is 7.28. The zero-order valence-electron chi connectivity index (χ0n) is 12.0. The van der Waals surface area contributed by atoms with E-state index in [1.54, 1.807) is 0 Å². The summed E-state index contributed by atoms with van der Waals surface area (Å²) in [6, 6.07) is 0. The molecule has 16 heavy (non-hydrogen) atoms. The maximum absolute atomic E-state index is 2.38. The summed E-state index contributed by atoms with van der Waals surface area (Å²) in [4.78, 5) is 0. The summed E-state index contributed by atoms with van der Waals surface area (Å²) in [5.41, 5.74) is 0. The summed E-state index contributed by atoms with van der Waals surface area (Å²) in [5, 5.41) is 0. The average molecular weight is 224 g/mol. The van der Waals surface area contributed by atoms with E-state index in [1.807, 2.05) is 0 Å². The Hall–Kier alpha value is -0.260. The van der Waals surface area contributed by atoms with Crippen LogP contribution in [-0.2, 0) is 0 Å². The lowest BCUT2D eigenvalue weighted by Crippen LogP contribution is -1.86. The van der Waals surface area contributed by atoms with Crippen LogP contribution in [0.25, 0.3) is 0 Å². The average Bonchev–Trinajstić information content (AvgIpc) is 2.20. The Morgan fingerprint density at radius 2 is 1.19 bits per heavy atom. The van der Waals surface area contributed by atoms with Crippen molar-refractivity contribution in [3.05, 3.63) is 12.2 Å². The van der Waals surface area contributed by atoms with Crippen LogP contribution >= 0.6 is 0 Å². The molecule has 0 saturated heterocycles. The monoisotopic (exact) mass is 224 g/mol. The Bertz CT molecular complexity index is 153. The van der Waals surface area contributed by atoms with Crippen molar-refractivity contribution in [1.82, 2.24) is 0 Å². The second-order valence-corrected chi connectivity index (χ2v) is 5.83. The maximum atomic E-state index is 2.38. The molecule has 96 valence electrons. The third-order valence-corrected chi connectivity index (χ3v) is 2.98. The molecule has 0 radical (unpaired) electrons. The van der Waals surface area contributed by atoms with Crippen LogP contribution in [0.5, 0.6) is 0 Å². The fourth-order valence-corrected chi connectivity index (χ4v) is 1.83. The van der Waals surface area contributed by atoms with Crippen LogP contribution in [0.2, 0.25) is 0 Å². The largest absolute Gasteiger partial charge is 0.0885 e. The van der Waals surface area contributed by atoms with Gasteiger partial charge in [-0.15, -0.1) is 0 Å². The van der Waals surface area contributed by atoms with E-state index in [9.17, 15) is 0 Å². The summed E-state index contributed by atoms with van der Waals surface area (Å²) in [6.45, 7) is 9.22. The van der Waals surface area contributed by atoms with Crippen molar-refractivity contribution in [2.24, 2.45) is 11.8 Å². The van der Waals surface area contributed by atoms with Gasteiger partial charge in [0, 0.05) is 0 Å². The van der Waals surface area contributed by atoms with Crippen molar-refractivity contribution >= 4 is 0 Å². The number of unbranched alkanes of at least 4 members (excludes halogenated alkanes) is 4. The lowest BCUT2D eigenvalue weighted by molar-refractivity contribution is 0.521. The zero-order valence-corrected chi connectivity index (χ0v) is 12.0. The van der Waals surface area contributed by atoms with Gasteiger partial charge in [0.15, 0.2) is 0 Å². The van der Waals surface area contributed by atoms with Gasteiger partial charge in [0.2, 0.25) is 0 Å². The van der Waals surface area contributed by atoms with Gasteiger partial charge in [-0.1, -0.05) is 65.5 Å². The van der Waals surface area contributed by atoms with Gasteiger partial charge in [-0.05, 0) is 37.5 Å². The van der Waals surface area contributed by atoms with E-state index >= 15 is 0 Å². The van der Waals surface area contributed by atoms with E-state index < -0.39 is 0 Å². The molecule has 0 rings (SSSR count). The van der Waals surface area contributed by atoms with Gasteiger partial charge in [0.1, 0.15) is 0 Å². The lowest BCUT2D eigenvalue weighted by Gasteiger charge is -2.03. The van der Waals surface area contributed by atoms with Crippen molar-refractivity contribution in [1.29, 1.82) is 0 Å². The van der Waals surface area contributed by atoms with Crippen LogP contribution in [0, 0.1) is 11.8 Å². The van der Waals surface area contributed by atoms with Crippen LogP contribution in [0.1, 0.15) is 79.1 Å². The van der Waals surface area contributed by atoms with E-state index in [2.05, 4.69) is 39.8 Å². The van der Waals surface area contributed by atoms with Crippen molar-refractivity contribution in [3.8, 4) is 0 Å². The first kappa shape index (κ1) is 15.7. The predicted molar refractivity (Wildman–Crippen MR) is 75.8 cm³/mol. The normalized spacial score (nSPS) is 12.1. The van der Waals surface area contributed by atoms with Crippen molar-refractivity contribution in [3.63, 3.8) is 0 Å². The molecule has 0 aliphatic rings. The molecule has 0 aromatic rings. The smallest absolute Gasteiger partial charge is 0.0348 e. The molecule has 0 bridgehead atoms. The molecular formula is C16H32. The molecule has 0 saturated carbocycles. The maximum Gasteiger partial charge on any atom is -0.0348 e. The van der Waals surface area contributed by atoms with Gasteiger partial charge < -0.3 is 0 Å². The van der Waals surface area contributed by atoms with Gasteiger partial charge in [0.05, 0.1) is 0 Å². The molecule has 0 N–H and O–H groups in total. The van der Waals surface area contributed by atoms with Crippen molar-refractivity contribution in [2.75, 3.05) is 0 Å². The Kier molecular flexibility index (Phi) is 11.0. The zero-order chi connectivity index (χ0) is 12.2. The van der Waals surface area contributed by atoms with Crippen LogP contribution in [0.3, 0.4) is 0 Å². The summed E-state index contributed by atoms with van der Waals surface area (Å²) in [6.07, 6.45) is 15.7. The molecule has 0 amide bonds. The van der Waals surface area contributed by atoms with Crippen molar-refractivity contribution in [2.45, 2.75) is 79.1 Å². The number of hydrogen-bond acceptors (Lipinski definition) is 0. The molecule has 0 aliphatic heterocycles. The van der Waals surface area contributed by atoms with E-state index in [0.29, 0.717) is 0 Å². The Balaban J connectivity index is 3.08. The minimum Gasteiger partial charge on any atom is -0.0885 e. The molecule has 0 heteroatoms. The second kappa shape index (κ2) is 11.2. The molecule has 0 nitrogen and oxygen atoms in total. The van der Waals surface area contributed by atoms with Gasteiger partial charge in [-0.2, -0.15) is 0 Å². The molecule has 0 aromatic heterocycles. The van der Waals surface area contributed by atoms with Gasteiger partial charge in [0.25, 0.3) is 0 Å². The third-order valence-electron chi connectivity index (χ3n) is 2.98. The van der Waals surface area contributed by atoms with Crippen molar-refractivity contribution < 1.29 is 0 Å². The van der Waals surface area contributed by atoms with E-state index in [-0.39, 0.29) is 0 Å². The molecule has 0 fully saturated rings. The minimum absolute atomic E-state index is 0.848. The van der Waals surface area contributed by atoms with Crippen LogP contribution in [0.4, 0.5) is 0 Å². The third kappa shape index (κ3) is 13.7. The summed E-state index contributed by atoms with van der Waals surface area (Å²) in [7, 11) is 0. The first-order valence-electron chi connectivity index (χ1n) is 7.28. The molecule has 0 aliphatic carbocycles. The molecule has 0 aromatic carbocycles. The topological polar surface area (TPSA) is 0 Å². The SMILES string of the molecule is CC(C)CC/C=C\CCCCCCC(C)C. The van der Waals surface area contributed by atoms with E-state index in [4.69, 9.17) is 0 Å². The predicted octanol–water partition coefficient (Wildman–Crippen LogP) is 5.98.